The van der Waals surface area contributed by atoms with Crippen LogP contribution in [-0.2, 0) is 10.0 Å². The predicted molar refractivity (Wildman–Crippen MR) is 95.9 cm³/mol. The standard InChI is InChI=1S/C17H18N2O4S2/c1-11-17(12(2)23-19-11)25(21,22)18-10-15(20)13-5-7-14(8-6-13)16-4-3-9-24-16/h3-9,15,18,20H,10H2,1-2H3. The number of nitrogens with one attached hydrogen (secondary N) is 1. The lowest BCUT2D eigenvalue weighted by Gasteiger charge is -2.13. The van der Waals surface area contributed by atoms with Gasteiger partial charge in [0.05, 0.1) is 6.10 Å². The minimum Gasteiger partial charge on any atom is -0.387 e. The first-order valence-electron chi connectivity index (χ1n) is 7.63. The first-order chi connectivity index (χ1) is 11.9. The number of nitrogens with zero attached hydrogens (tertiary/aromatic N) is 1. The van der Waals surface area contributed by atoms with Crippen LogP contribution in [0.2, 0.25) is 0 Å². The minimum atomic E-state index is -3.79. The normalized spacial score (nSPS) is 13.1. The second-order valence-corrected chi connectivity index (χ2v) is 8.27. The maximum absolute atomic E-state index is 12.4. The van der Waals surface area contributed by atoms with E-state index in [1.165, 1.54) is 6.92 Å². The molecule has 0 amide bonds. The molecular weight excluding hydrogens is 360 g/mol. The number of sulfonamides is 1. The van der Waals surface area contributed by atoms with Crippen molar-refractivity contribution >= 4 is 21.4 Å². The maximum Gasteiger partial charge on any atom is 0.246 e. The largest absolute Gasteiger partial charge is 0.387 e. The third-order valence-corrected chi connectivity index (χ3v) is 6.39. The number of aromatic nitrogens is 1. The van der Waals surface area contributed by atoms with Gasteiger partial charge in [0.2, 0.25) is 10.0 Å². The lowest BCUT2D eigenvalue weighted by Crippen LogP contribution is -2.29. The third-order valence-electron chi connectivity index (χ3n) is 3.80. The van der Waals surface area contributed by atoms with Crippen LogP contribution in [0.4, 0.5) is 0 Å². The van der Waals surface area contributed by atoms with Crippen LogP contribution in [0.1, 0.15) is 23.1 Å². The van der Waals surface area contributed by atoms with Crippen molar-refractivity contribution < 1.29 is 18.0 Å². The molecule has 6 nitrogen and oxygen atoms in total. The molecule has 1 atom stereocenters. The van der Waals surface area contributed by atoms with Crippen molar-refractivity contribution in [3.8, 4) is 10.4 Å². The van der Waals surface area contributed by atoms with Gasteiger partial charge in [-0.2, -0.15) is 0 Å². The molecule has 2 aromatic heterocycles. The highest BCUT2D eigenvalue weighted by molar-refractivity contribution is 7.89. The van der Waals surface area contributed by atoms with E-state index in [2.05, 4.69) is 9.88 Å². The summed E-state index contributed by atoms with van der Waals surface area (Å²) in [5.74, 6) is 0.222. The van der Waals surface area contributed by atoms with E-state index in [-0.39, 0.29) is 17.2 Å². The molecule has 3 aromatic rings. The highest BCUT2D eigenvalue weighted by atomic mass is 32.2. The molecule has 0 bridgehead atoms. The number of hydrogen-bond donors (Lipinski definition) is 2. The predicted octanol–water partition coefficient (Wildman–Crippen LogP) is 3.03. The number of aryl methyl sites for hydroxylation is 2. The molecule has 0 radical (unpaired) electrons. The number of rotatable bonds is 6. The summed E-state index contributed by atoms with van der Waals surface area (Å²) >= 11 is 1.64. The van der Waals surface area contributed by atoms with Crippen LogP contribution >= 0.6 is 11.3 Å². The van der Waals surface area contributed by atoms with Gasteiger partial charge in [0.25, 0.3) is 0 Å². The first kappa shape index (κ1) is 17.8. The molecule has 0 saturated carbocycles. The quantitative estimate of drug-likeness (QED) is 0.688. The number of benzene rings is 1. The topological polar surface area (TPSA) is 92.4 Å². The van der Waals surface area contributed by atoms with E-state index in [0.717, 1.165) is 10.4 Å². The average Bonchev–Trinajstić information content (AvgIpc) is 3.23. The molecule has 8 heteroatoms. The van der Waals surface area contributed by atoms with E-state index >= 15 is 0 Å². The van der Waals surface area contributed by atoms with Gasteiger partial charge in [-0.05, 0) is 36.4 Å². The molecule has 0 aliphatic heterocycles. The van der Waals surface area contributed by atoms with E-state index in [4.69, 9.17) is 4.52 Å². The number of aliphatic hydroxyl groups is 1. The van der Waals surface area contributed by atoms with E-state index in [1.807, 2.05) is 29.6 Å². The fraction of sp³-hybridized carbons (Fsp3) is 0.235. The van der Waals surface area contributed by atoms with Crippen molar-refractivity contribution in [3.05, 3.63) is 58.8 Å². The average molecular weight is 378 g/mol. The van der Waals surface area contributed by atoms with Crippen LogP contribution < -0.4 is 4.72 Å². The van der Waals surface area contributed by atoms with Gasteiger partial charge in [0, 0.05) is 11.4 Å². The van der Waals surface area contributed by atoms with Gasteiger partial charge in [-0.1, -0.05) is 35.5 Å². The van der Waals surface area contributed by atoms with Gasteiger partial charge in [-0.3, -0.25) is 0 Å². The molecule has 2 heterocycles. The van der Waals surface area contributed by atoms with E-state index < -0.39 is 16.1 Å². The van der Waals surface area contributed by atoms with Crippen molar-refractivity contribution in [2.45, 2.75) is 24.8 Å². The second-order valence-electron chi connectivity index (χ2n) is 5.62. The van der Waals surface area contributed by atoms with Crippen molar-refractivity contribution in [1.29, 1.82) is 0 Å². The summed E-state index contributed by atoms with van der Waals surface area (Å²) in [4.78, 5) is 1.16. The molecule has 2 N–H and O–H groups in total. The highest BCUT2D eigenvalue weighted by Gasteiger charge is 2.24. The summed E-state index contributed by atoms with van der Waals surface area (Å²) in [5, 5.41) is 15.9. The van der Waals surface area contributed by atoms with Crippen LogP contribution in [0.25, 0.3) is 10.4 Å². The Morgan fingerprint density at radius 1 is 1.24 bits per heavy atom. The fourth-order valence-corrected chi connectivity index (χ4v) is 4.65. The monoisotopic (exact) mass is 378 g/mol. The summed E-state index contributed by atoms with van der Waals surface area (Å²) in [7, 11) is -3.79. The zero-order valence-electron chi connectivity index (χ0n) is 13.8. The van der Waals surface area contributed by atoms with Crippen molar-refractivity contribution in [2.75, 3.05) is 6.54 Å². The molecule has 0 spiro atoms. The second kappa shape index (κ2) is 7.09. The first-order valence-corrected chi connectivity index (χ1v) is 9.99. The van der Waals surface area contributed by atoms with Crippen LogP contribution in [0.5, 0.6) is 0 Å². The van der Waals surface area contributed by atoms with Gasteiger partial charge in [0.1, 0.15) is 10.6 Å². The van der Waals surface area contributed by atoms with Gasteiger partial charge < -0.3 is 9.63 Å². The van der Waals surface area contributed by atoms with E-state index in [0.29, 0.717) is 11.3 Å². The Bertz CT molecular complexity index is 926. The summed E-state index contributed by atoms with van der Waals surface area (Å²) in [6.45, 7) is 2.96. The Hall–Kier alpha value is -2.00. The molecule has 25 heavy (non-hydrogen) atoms. The van der Waals surface area contributed by atoms with Crippen molar-refractivity contribution in [1.82, 2.24) is 9.88 Å². The Balaban J connectivity index is 1.69. The number of thiophene rings is 1. The SMILES string of the molecule is Cc1noc(C)c1S(=O)(=O)NCC(O)c1ccc(-c2cccs2)cc1. The van der Waals surface area contributed by atoms with Crippen molar-refractivity contribution in [3.63, 3.8) is 0 Å². The van der Waals surface area contributed by atoms with Gasteiger partial charge in [0.15, 0.2) is 5.76 Å². The molecule has 0 fully saturated rings. The molecule has 132 valence electrons. The molecule has 1 unspecified atom stereocenters. The maximum atomic E-state index is 12.4. The Kier molecular flexibility index (Phi) is 5.05. The third kappa shape index (κ3) is 3.82. The summed E-state index contributed by atoms with van der Waals surface area (Å²) < 4.78 is 32.0. The zero-order chi connectivity index (χ0) is 18.0. The molecule has 0 aliphatic carbocycles. The smallest absolute Gasteiger partial charge is 0.246 e. The Labute approximate surface area is 150 Å². The Morgan fingerprint density at radius 2 is 1.96 bits per heavy atom. The van der Waals surface area contributed by atoms with E-state index in [1.54, 1.807) is 30.4 Å². The molecular formula is C17H18N2O4S2. The van der Waals surface area contributed by atoms with E-state index in [9.17, 15) is 13.5 Å². The summed E-state index contributed by atoms with van der Waals surface area (Å²) in [6, 6.07) is 11.4. The lowest BCUT2D eigenvalue weighted by molar-refractivity contribution is 0.182. The molecule has 0 aliphatic rings. The lowest BCUT2D eigenvalue weighted by atomic mass is 10.1. The fourth-order valence-electron chi connectivity index (χ4n) is 2.55. The minimum absolute atomic E-state index is 0.0211. The van der Waals surface area contributed by atoms with Gasteiger partial charge >= 0.3 is 0 Å². The zero-order valence-corrected chi connectivity index (χ0v) is 15.4. The summed E-state index contributed by atoms with van der Waals surface area (Å²) in [6.07, 6.45) is -0.951. The van der Waals surface area contributed by atoms with Gasteiger partial charge in [-0.15, -0.1) is 11.3 Å². The van der Waals surface area contributed by atoms with Crippen molar-refractivity contribution in [2.24, 2.45) is 0 Å². The number of hydrogen-bond acceptors (Lipinski definition) is 6. The van der Waals surface area contributed by atoms with Gasteiger partial charge in [-0.25, -0.2) is 13.1 Å². The number of aliphatic hydroxyl groups excluding tert-OH is 1. The van der Waals surface area contributed by atoms with Crippen LogP contribution in [0.3, 0.4) is 0 Å². The molecule has 0 saturated heterocycles. The molecule has 1 aromatic carbocycles. The van der Waals surface area contributed by atoms with Crippen LogP contribution in [0, 0.1) is 13.8 Å². The van der Waals surface area contributed by atoms with Crippen LogP contribution in [-0.4, -0.2) is 25.2 Å². The Morgan fingerprint density at radius 3 is 2.52 bits per heavy atom. The summed E-state index contributed by atoms with van der Waals surface area (Å²) in [5.41, 5.74) is 1.99. The molecule has 3 rings (SSSR count). The highest BCUT2D eigenvalue weighted by Crippen LogP contribution is 2.26. The van der Waals surface area contributed by atoms with Crippen LogP contribution in [0.15, 0.2) is 51.2 Å².